The maximum atomic E-state index is 11.9. The summed E-state index contributed by atoms with van der Waals surface area (Å²) in [6.07, 6.45) is 57.7. The number of hydrogen-bond acceptors (Lipinski definition) is 8. The smallest absolute Gasteiger partial charge is 0.318 e. The number of carbonyl (C=O) groups excluding carboxylic acids is 4. The molecule has 76 heavy (non-hydrogen) atoms. The summed E-state index contributed by atoms with van der Waals surface area (Å²) in [5.74, 6) is 8.64. The van der Waals surface area contributed by atoms with Gasteiger partial charge in [-0.3, -0.25) is 19.2 Å². The number of cyclic esters (lactones) is 4. The van der Waals surface area contributed by atoms with E-state index < -0.39 is 0 Å². The zero-order valence-electron chi connectivity index (χ0n) is 44.8. The molecule has 10 heteroatoms. The second kappa shape index (κ2) is 28.1. The van der Waals surface area contributed by atoms with Crippen LogP contribution in [-0.4, -0.2) is 47.3 Å². The predicted molar refractivity (Wildman–Crippen MR) is 291 cm³/mol. The zero-order chi connectivity index (χ0) is 51.9. The van der Waals surface area contributed by atoms with Crippen molar-refractivity contribution in [1.82, 2.24) is 0 Å². The Balaban J connectivity index is 0.000000138. The number of allylic oxidation sites excluding steroid dienone is 16. The molecule has 0 aromatic rings. The van der Waals surface area contributed by atoms with Gasteiger partial charge in [-0.05, 0) is 167 Å². The summed E-state index contributed by atoms with van der Waals surface area (Å²) < 4.78 is 9.42. The fourth-order valence-electron chi connectivity index (χ4n) is 15.6. The van der Waals surface area contributed by atoms with Gasteiger partial charge in [0.25, 0.3) is 0 Å². The van der Waals surface area contributed by atoms with Crippen LogP contribution in [-0.2, 0) is 67.6 Å². The van der Waals surface area contributed by atoms with Gasteiger partial charge in [0, 0.05) is 76.8 Å². The first-order valence-electron chi connectivity index (χ1n) is 29.0. The zero-order valence-corrected chi connectivity index (χ0v) is 48.3. The Morgan fingerprint density at radius 2 is 1.07 bits per heavy atom. The fraction of sp³-hybridized carbons (Fsp3) is 0.606. The number of rotatable bonds is 10. The summed E-state index contributed by atoms with van der Waals surface area (Å²) in [5, 5.41) is 18.2. The standard InChI is InChI=1S/C18H22O3.C17H26O.C9H8O3.C8H11O.C7H10.C7H9.2Ru/c1-3-11-5-6-12(9-11)7-8-14-10-13(4-2)15-16(14)18(20)21-17(15)19;1-3-13-5-6-14(9-13)7-8-15-10-16(4-2)17(11-15)12-18;10-8-6-4-1-2-5(3-4)7(6)9(11)12-8;9-5-8-4-6-1-2-7(8)3-6;2*1-2-7-4-3-6(1)5-7;;/h3-4,7-8,11-16H,1-2,5-6,9-10H2;3-4,7-8,13-18H,1-2,5-6,9-12H2;1-2,4-7H,3H2;1-2,7-9H,3-5H2;1-2,6-7H,3-5H2;1-2,6H,3-5H2;;/q;;;+1;;+1;;/b2*8-7-;;;;;;. The van der Waals surface area contributed by atoms with Crippen molar-refractivity contribution in [1.29, 1.82) is 0 Å². The van der Waals surface area contributed by atoms with Gasteiger partial charge < -0.3 is 19.7 Å². The Morgan fingerprint density at radius 3 is 1.45 bits per heavy atom. The van der Waals surface area contributed by atoms with E-state index in [1.54, 1.807) is 17.6 Å². The minimum Gasteiger partial charge on any atom is -0.396 e. The van der Waals surface area contributed by atoms with Gasteiger partial charge in [0.15, 0.2) is 0 Å². The van der Waals surface area contributed by atoms with E-state index in [1.165, 1.54) is 83.5 Å². The van der Waals surface area contributed by atoms with Crippen molar-refractivity contribution in [3.05, 3.63) is 135 Å². The molecule has 0 aromatic carbocycles. The number of aliphatic hydroxyl groups is 2. The number of hydrogen-bond donors (Lipinski definition) is 2. The fourth-order valence-corrected chi connectivity index (χ4v) is 15.6. The quantitative estimate of drug-likeness (QED) is 0.0728. The van der Waals surface area contributed by atoms with Crippen molar-refractivity contribution >= 4 is 23.9 Å². The van der Waals surface area contributed by atoms with E-state index in [-0.39, 0.29) is 110 Å². The summed E-state index contributed by atoms with van der Waals surface area (Å²) in [7, 11) is 0. The summed E-state index contributed by atoms with van der Waals surface area (Å²) in [6.45, 7) is 16.1. The molecule has 2 saturated heterocycles. The molecule has 2 aliphatic heterocycles. The van der Waals surface area contributed by atoms with Crippen molar-refractivity contribution in [2.45, 2.75) is 116 Å². The Hall–Kier alpha value is -3.41. The van der Waals surface area contributed by atoms with Gasteiger partial charge in [0.2, 0.25) is 0 Å². The van der Waals surface area contributed by atoms with Gasteiger partial charge in [0.05, 0.1) is 78.6 Å². The van der Waals surface area contributed by atoms with Gasteiger partial charge in [-0.15, -0.1) is 26.3 Å². The molecule has 412 valence electrons. The minimum atomic E-state index is -0.363. The first-order chi connectivity index (χ1) is 36.0. The molecule has 0 amide bonds. The van der Waals surface area contributed by atoms with Gasteiger partial charge in [-0.2, -0.15) is 0 Å². The molecule has 14 rings (SSSR count). The Bertz CT molecular complexity index is 2180. The molecule has 2 N–H and O–H groups in total. The minimum absolute atomic E-state index is 0. The van der Waals surface area contributed by atoms with Crippen LogP contribution in [0, 0.1) is 131 Å². The maximum Gasteiger partial charge on any atom is 0.318 e. The van der Waals surface area contributed by atoms with Crippen molar-refractivity contribution in [3.8, 4) is 0 Å². The van der Waals surface area contributed by atoms with E-state index in [1.807, 2.05) is 24.3 Å². The number of fused-ring (bicyclic) bond motifs is 12. The van der Waals surface area contributed by atoms with Crippen molar-refractivity contribution < 1.29 is 77.8 Å². The van der Waals surface area contributed by atoms with Crippen molar-refractivity contribution in [2.24, 2.45) is 118 Å². The molecule has 8 nitrogen and oxygen atoms in total. The molecular formula is C66H86O8Ru2+2. The molecule has 12 aliphatic carbocycles. The molecule has 0 radical (unpaired) electrons. The van der Waals surface area contributed by atoms with E-state index in [0.29, 0.717) is 54.6 Å². The van der Waals surface area contributed by atoms with Crippen LogP contribution in [0.15, 0.2) is 123 Å². The van der Waals surface area contributed by atoms with E-state index in [0.717, 1.165) is 61.7 Å². The molecule has 2 heterocycles. The van der Waals surface area contributed by atoms with Gasteiger partial charge in [-0.25, -0.2) is 0 Å². The van der Waals surface area contributed by atoms with Crippen LogP contribution in [0.25, 0.3) is 0 Å². The summed E-state index contributed by atoms with van der Waals surface area (Å²) in [5.41, 5.74) is 1.54. The van der Waals surface area contributed by atoms with E-state index in [9.17, 15) is 24.3 Å². The Morgan fingerprint density at radius 1 is 0.513 bits per heavy atom. The second-order valence-corrected chi connectivity index (χ2v) is 24.6. The van der Waals surface area contributed by atoms with E-state index in [2.05, 4.69) is 98.2 Å². The van der Waals surface area contributed by atoms with Crippen molar-refractivity contribution in [3.63, 3.8) is 0 Å². The monoisotopic (exact) mass is 1210 g/mol. The second-order valence-electron chi connectivity index (χ2n) is 24.6. The molecular weight excluding hydrogens is 1120 g/mol. The van der Waals surface area contributed by atoms with Gasteiger partial charge >= 0.3 is 23.9 Å². The van der Waals surface area contributed by atoms with Crippen LogP contribution in [0.4, 0.5) is 0 Å². The van der Waals surface area contributed by atoms with Crippen LogP contribution >= 0.6 is 0 Å². The van der Waals surface area contributed by atoms with Crippen LogP contribution in [0.5, 0.6) is 0 Å². The Labute approximate surface area is 481 Å². The molecule has 8 saturated carbocycles. The normalized spacial score (nSPS) is 40.9. The molecule has 14 aliphatic rings. The molecule has 20 atom stereocenters. The molecule has 20 unspecified atom stereocenters. The van der Waals surface area contributed by atoms with Crippen LogP contribution < -0.4 is 0 Å². The third kappa shape index (κ3) is 14.3. The number of esters is 4. The topological polar surface area (TPSA) is 127 Å². The van der Waals surface area contributed by atoms with Gasteiger partial charge in [0.1, 0.15) is 0 Å². The maximum absolute atomic E-state index is 11.9. The van der Waals surface area contributed by atoms with Crippen LogP contribution in [0.2, 0.25) is 0 Å². The predicted octanol–water partition coefficient (Wildman–Crippen LogP) is 12.8. The van der Waals surface area contributed by atoms with Crippen LogP contribution in [0.1, 0.15) is 116 Å². The Kier molecular flexibility index (Phi) is 22.3. The largest absolute Gasteiger partial charge is 0.396 e. The van der Waals surface area contributed by atoms with Crippen LogP contribution in [0.3, 0.4) is 0 Å². The number of ether oxygens (including phenoxy) is 2. The van der Waals surface area contributed by atoms with Crippen molar-refractivity contribution in [2.75, 3.05) is 13.2 Å². The third-order valence-corrected chi connectivity index (χ3v) is 20.0. The first-order valence-corrected chi connectivity index (χ1v) is 29.0. The first kappa shape index (κ1) is 60.2. The molecule has 8 bridgehead atoms. The summed E-state index contributed by atoms with van der Waals surface area (Å²) in [6, 6.07) is 0. The summed E-state index contributed by atoms with van der Waals surface area (Å²) in [4.78, 5) is 46.1. The van der Waals surface area contributed by atoms with E-state index >= 15 is 0 Å². The number of aliphatic hydroxyl groups excluding tert-OH is 2. The molecule has 0 aromatic heterocycles. The summed E-state index contributed by atoms with van der Waals surface area (Å²) >= 11 is 0. The third-order valence-electron chi connectivity index (χ3n) is 20.0. The molecule has 10 fully saturated rings. The average molecular weight is 1210 g/mol. The van der Waals surface area contributed by atoms with E-state index in [4.69, 9.17) is 9.84 Å². The average Bonchev–Trinajstić information content (AvgIpc) is 4.25. The number of carbonyl (C=O) groups is 4. The molecule has 0 spiro atoms. The van der Waals surface area contributed by atoms with Gasteiger partial charge in [-0.1, -0.05) is 72.9 Å². The SMILES string of the molecule is C1=CC2CCC1C2.C1=CC2CC[C+]1C2.C=CC1CCC(/C=C\C2CC(C=C)C(CO)C2)C1.C=CC1CCC(/C=C\C2CC(C=C)C3C(=O)OC(=O)C23)C1.O=C1OC(=O)C2C3C=CC(C3)C12.OCC1CC2=C[CH+]C1C2.[Ru].[Ru].